The predicted molar refractivity (Wildman–Crippen MR) is 95.2 cm³/mol. The molecule has 0 fully saturated rings. The van der Waals surface area contributed by atoms with Crippen LogP contribution in [0, 0.1) is 18.3 Å². The fourth-order valence-electron chi connectivity index (χ4n) is 2.19. The summed E-state index contributed by atoms with van der Waals surface area (Å²) in [7, 11) is 0. The predicted octanol–water partition coefficient (Wildman–Crippen LogP) is 3.85. The maximum Gasteiger partial charge on any atom is 0.119 e. The molecule has 0 unspecified atom stereocenters. The van der Waals surface area contributed by atoms with Crippen molar-refractivity contribution in [3.8, 4) is 17.6 Å². The maximum absolute atomic E-state index is 8.51. The van der Waals surface area contributed by atoms with Gasteiger partial charge in [-0.1, -0.05) is 29.8 Å². The van der Waals surface area contributed by atoms with Gasteiger partial charge in [0.1, 0.15) is 18.1 Å². The van der Waals surface area contributed by atoms with Crippen LogP contribution in [-0.4, -0.2) is 19.8 Å². The van der Waals surface area contributed by atoms with Crippen molar-refractivity contribution in [3.05, 3.63) is 59.7 Å². The van der Waals surface area contributed by atoms with Gasteiger partial charge in [-0.3, -0.25) is 0 Å². The number of hydrogen-bond acceptors (Lipinski definition) is 4. The number of aryl methyl sites for hydroxylation is 1. The highest BCUT2D eigenvalue weighted by Crippen LogP contribution is 2.14. The van der Waals surface area contributed by atoms with Gasteiger partial charge in [0.05, 0.1) is 12.7 Å². The largest absolute Gasteiger partial charge is 0.494 e. The van der Waals surface area contributed by atoms with Gasteiger partial charge in [-0.15, -0.1) is 0 Å². The fraction of sp³-hybridized carbons (Fsp3) is 0.350. The minimum absolute atomic E-state index is 0.530. The molecule has 0 aromatic heterocycles. The third-order valence-electron chi connectivity index (χ3n) is 3.50. The van der Waals surface area contributed by atoms with E-state index in [4.69, 9.17) is 14.7 Å². The van der Waals surface area contributed by atoms with Gasteiger partial charge >= 0.3 is 0 Å². The van der Waals surface area contributed by atoms with Gasteiger partial charge in [-0.2, -0.15) is 5.26 Å². The highest BCUT2D eigenvalue weighted by Gasteiger charge is 1.98. The van der Waals surface area contributed by atoms with E-state index in [2.05, 4.69) is 24.4 Å². The van der Waals surface area contributed by atoms with Gasteiger partial charge in [0.25, 0.3) is 0 Å². The molecular weight excluding hydrogens is 300 g/mol. The molecule has 0 radical (unpaired) electrons. The summed E-state index contributed by atoms with van der Waals surface area (Å²) in [6.07, 6.45) is 1.29. The van der Waals surface area contributed by atoms with Gasteiger partial charge in [0.15, 0.2) is 0 Å². The first-order chi connectivity index (χ1) is 11.8. The van der Waals surface area contributed by atoms with Crippen LogP contribution >= 0.6 is 0 Å². The molecule has 0 saturated carbocycles. The lowest BCUT2D eigenvalue weighted by Crippen LogP contribution is -2.20. The molecular formula is C20H24N2O2. The van der Waals surface area contributed by atoms with E-state index in [-0.39, 0.29) is 0 Å². The first kappa shape index (κ1) is 17.8. The molecule has 24 heavy (non-hydrogen) atoms. The maximum atomic E-state index is 8.51. The Labute approximate surface area is 144 Å². The van der Waals surface area contributed by atoms with E-state index >= 15 is 0 Å². The summed E-state index contributed by atoms with van der Waals surface area (Å²) in [5.41, 5.74) is 2.40. The van der Waals surface area contributed by atoms with Crippen molar-refractivity contribution in [1.82, 2.24) is 5.32 Å². The molecule has 0 amide bonds. The molecule has 4 heteroatoms. The normalized spacial score (nSPS) is 10.2. The Balaban J connectivity index is 1.65. The van der Waals surface area contributed by atoms with Crippen LogP contribution in [0.4, 0.5) is 0 Å². The first-order valence-electron chi connectivity index (χ1n) is 8.27. The van der Waals surface area contributed by atoms with E-state index in [1.165, 1.54) is 11.1 Å². The smallest absolute Gasteiger partial charge is 0.119 e. The Hall–Kier alpha value is -2.51. The van der Waals surface area contributed by atoms with E-state index < -0.39 is 0 Å². The van der Waals surface area contributed by atoms with E-state index in [9.17, 15) is 0 Å². The van der Waals surface area contributed by atoms with Crippen LogP contribution in [0.1, 0.15) is 24.0 Å². The summed E-state index contributed by atoms with van der Waals surface area (Å²) < 4.78 is 11.3. The minimum atomic E-state index is 0.530. The lowest BCUT2D eigenvalue weighted by atomic mass is 10.2. The minimum Gasteiger partial charge on any atom is -0.494 e. The zero-order valence-electron chi connectivity index (χ0n) is 14.1. The molecule has 0 saturated heterocycles. The first-order valence-corrected chi connectivity index (χ1v) is 8.27. The molecule has 1 N–H and O–H groups in total. The number of unbranched alkanes of at least 4 members (excludes halogenated alkanes) is 1. The van der Waals surface area contributed by atoms with Gasteiger partial charge in [0.2, 0.25) is 0 Å². The average molecular weight is 324 g/mol. The van der Waals surface area contributed by atoms with Crippen molar-refractivity contribution in [2.75, 3.05) is 19.8 Å². The summed E-state index contributed by atoms with van der Waals surface area (Å²) in [5.74, 6) is 1.75. The second-order valence-corrected chi connectivity index (χ2v) is 5.60. The van der Waals surface area contributed by atoms with Crippen molar-refractivity contribution in [1.29, 1.82) is 5.26 Å². The topological polar surface area (TPSA) is 54.3 Å². The van der Waals surface area contributed by atoms with E-state index in [0.29, 0.717) is 19.6 Å². The van der Waals surface area contributed by atoms with Crippen LogP contribution < -0.4 is 14.8 Å². The average Bonchev–Trinajstić information content (AvgIpc) is 2.60. The van der Waals surface area contributed by atoms with Crippen LogP contribution in [0.15, 0.2) is 48.5 Å². The zero-order valence-corrected chi connectivity index (χ0v) is 14.1. The summed E-state index contributed by atoms with van der Waals surface area (Å²) >= 11 is 0. The highest BCUT2D eigenvalue weighted by atomic mass is 16.5. The Morgan fingerprint density at radius 1 is 1.00 bits per heavy atom. The van der Waals surface area contributed by atoms with E-state index in [1.54, 1.807) is 0 Å². The van der Waals surface area contributed by atoms with Crippen molar-refractivity contribution in [2.24, 2.45) is 0 Å². The molecule has 4 nitrogen and oxygen atoms in total. The third kappa shape index (κ3) is 6.72. The number of rotatable bonds is 10. The number of ether oxygens (including phenoxy) is 2. The van der Waals surface area contributed by atoms with Crippen molar-refractivity contribution < 1.29 is 9.47 Å². The Morgan fingerprint density at radius 3 is 2.58 bits per heavy atom. The Morgan fingerprint density at radius 2 is 1.79 bits per heavy atom. The molecule has 2 aromatic carbocycles. The number of hydrogen-bond donors (Lipinski definition) is 1. The lowest BCUT2D eigenvalue weighted by molar-refractivity contribution is 0.310. The molecule has 0 aliphatic heterocycles. The highest BCUT2D eigenvalue weighted by molar-refractivity contribution is 5.28. The Kier molecular flexibility index (Phi) is 7.66. The van der Waals surface area contributed by atoms with Crippen molar-refractivity contribution >= 4 is 0 Å². The van der Waals surface area contributed by atoms with Crippen LogP contribution in [-0.2, 0) is 6.54 Å². The van der Waals surface area contributed by atoms with Gasteiger partial charge in [0, 0.05) is 19.5 Å². The molecule has 0 spiro atoms. The number of benzene rings is 2. The number of nitriles is 1. The van der Waals surface area contributed by atoms with Gasteiger partial charge in [-0.25, -0.2) is 0 Å². The molecule has 2 rings (SSSR count). The van der Waals surface area contributed by atoms with Crippen LogP contribution in [0.25, 0.3) is 0 Å². The third-order valence-corrected chi connectivity index (χ3v) is 3.50. The standard InChI is InChI=1S/C20H24N2O2/c1-17-7-9-19(10-8-17)24-14-12-22-16-18-5-4-6-20(15-18)23-13-3-2-11-21/h4-10,15,22H,2-3,12-14,16H2,1H3. The van der Waals surface area contributed by atoms with Gasteiger partial charge in [-0.05, 0) is 43.2 Å². The molecule has 126 valence electrons. The summed E-state index contributed by atoms with van der Waals surface area (Å²) in [6.45, 7) is 4.82. The summed E-state index contributed by atoms with van der Waals surface area (Å²) in [5, 5.41) is 11.9. The Bertz CT molecular complexity index is 647. The molecule has 0 heterocycles. The number of nitrogens with zero attached hydrogens (tertiary/aromatic N) is 1. The number of nitrogens with one attached hydrogen (secondary N) is 1. The molecule has 0 aliphatic rings. The molecule has 2 aromatic rings. The molecule has 0 atom stereocenters. The van der Waals surface area contributed by atoms with Gasteiger partial charge < -0.3 is 14.8 Å². The zero-order chi connectivity index (χ0) is 17.0. The second kappa shape index (κ2) is 10.3. The SMILES string of the molecule is Cc1ccc(OCCNCc2cccc(OCCCC#N)c2)cc1. The monoisotopic (exact) mass is 324 g/mol. The summed E-state index contributed by atoms with van der Waals surface area (Å²) in [4.78, 5) is 0. The fourth-order valence-corrected chi connectivity index (χ4v) is 2.19. The van der Waals surface area contributed by atoms with E-state index in [0.717, 1.165) is 31.0 Å². The van der Waals surface area contributed by atoms with Crippen molar-refractivity contribution in [2.45, 2.75) is 26.3 Å². The molecule has 0 aliphatic carbocycles. The quantitative estimate of drug-likeness (QED) is 0.675. The summed E-state index contributed by atoms with van der Waals surface area (Å²) in [6, 6.07) is 18.2. The van der Waals surface area contributed by atoms with Crippen LogP contribution in [0.5, 0.6) is 11.5 Å². The molecule has 0 bridgehead atoms. The van der Waals surface area contributed by atoms with Crippen molar-refractivity contribution in [3.63, 3.8) is 0 Å². The van der Waals surface area contributed by atoms with E-state index in [1.807, 2.05) is 42.5 Å². The lowest BCUT2D eigenvalue weighted by Gasteiger charge is -2.09. The van der Waals surface area contributed by atoms with Crippen LogP contribution in [0.3, 0.4) is 0 Å². The van der Waals surface area contributed by atoms with Crippen LogP contribution in [0.2, 0.25) is 0 Å². The second-order valence-electron chi connectivity index (χ2n) is 5.60.